The van der Waals surface area contributed by atoms with E-state index in [1.807, 2.05) is 13.8 Å². The summed E-state index contributed by atoms with van der Waals surface area (Å²) in [5, 5.41) is 3.61. The van der Waals surface area contributed by atoms with Gasteiger partial charge in [-0.05, 0) is 26.7 Å². The molecule has 0 unspecified atom stereocenters. The molecular formula is C12H20ClN3O. The lowest BCUT2D eigenvalue weighted by atomic mass is 10.3. The normalized spacial score (nSPS) is 10.6. The fourth-order valence-electron chi connectivity index (χ4n) is 1.32. The molecule has 17 heavy (non-hydrogen) atoms. The van der Waals surface area contributed by atoms with Crippen molar-refractivity contribution in [3.63, 3.8) is 0 Å². The molecule has 1 aromatic rings. The minimum atomic E-state index is 0.433. The molecule has 1 heterocycles. The van der Waals surface area contributed by atoms with Crippen LogP contribution in [0.3, 0.4) is 0 Å². The molecule has 4 nitrogen and oxygen atoms in total. The van der Waals surface area contributed by atoms with E-state index < -0.39 is 0 Å². The molecule has 0 aliphatic rings. The predicted molar refractivity (Wildman–Crippen MR) is 70.7 cm³/mol. The van der Waals surface area contributed by atoms with Crippen molar-refractivity contribution < 1.29 is 4.74 Å². The van der Waals surface area contributed by atoms with Crippen LogP contribution < -0.4 is 5.32 Å². The van der Waals surface area contributed by atoms with Gasteiger partial charge in [0.05, 0.1) is 11.4 Å². The van der Waals surface area contributed by atoms with Gasteiger partial charge in [-0.3, -0.25) is 0 Å². The minimum absolute atomic E-state index is 0.433. The maximum absolute atomic E-state index is 6.00. The zero-order valence-electron chi connectivity index (χ0n) is 10.7. The second-order valence-corrected chi connectivity index (χ2v) is 4.28. The van der Waals surface area contributed by atoms with Gasteiger partial charge in [-0.15, -0.1) is 0 Å². The molecule has 0 aliphatic carbocycles. The maximum atomic E-state index is 6.00. The Morgan fingerprint density at radius 3 is 2.59 bits per heavy atom. The monoisotopic (exact) mass is 257 g/mol. The van der Waals surface area contributed by atoms with Crippen LogP contribution in [0.1, 0.15) is 31.2 Å². The Bertz CT molecular complexity index is 358. The molecule has 0 radical (unpaired) electrons. The van der Waals surface area contributed by atoms with Crippen LogP contribution >= 0.6 is 11.6 Å². The number of aromatic nitrogens is 2. The van der Waals surface area contributed by atoms with Crippen molar-refractivity contribution in [3.05, 3.63) is 16.5 Å². The van der Waals surface area contributed by atoms with Gasteiger partial charge in [0.1, 0.15) is 0 Å². The number of nitrogens with zero attached hydrogens (tertiary/aromatic N) is 2. The summed E-state index contributed by atoms with van der Waals surface area (Å²) >= 11 is 6.00. The van der Waals surface area contributed by atoms with Crippen LogP contribution in [0.5, 0.6) is 0 Å². The van der Waals surface area contributed by atoms with Crippen LogP contribution in [0.15, 0.2) is 0 Å². The fraction of sp³-hybridized carbons (Fsp3) is 0.667. The number of rotatable bonds is 7. The topological polar surface area (TPSA) is 47.0 Å². The number of ether oxygens (including phenoxy) is 1. The van der Waals surface area contributed by atoms with E-state index >= 15 is 0 Å². The van der Waals surface area contributed by atoms with E-state index in [9.17, 15) is 0 Å². The number of halogens is 1. The quantitative estimate of drug-likeness (QED) is 0.763. The second kappa shape index (κ2) is 7.45. The lowest BCUT2D eigenvalue weighted by molar-refractivity contribution is 0.134. The van der Waals surface area contributed by atoms with Gasteiger partial charge in [-0.2, -0.15) is 0 Å². The van der Waals surface area contributed by atoms with Gasteiger partial charge < -0.3 is 10.1 Å². The molecule has 5 heteroatoms. The van der Waals surface area contributed by atoms with Crippen molar-refractivity contribution in [3.8, 4) is 0 Å². The van der Waals surface area contributed by atoms with E-state index in [0.717, 1.165) is 44.0 Å². The summed E-state index contributed by atoms with van der Waals surface area (Å²) in [5.74, 6) is 0.658. The zero-order chi connectivity index (χ0) is 12.7. The minimum Gasteiger partial charge on any atom is -0.381 e. The standard InChI is InChI=1S/C12H20ClN3O/c1-4-7-17-8-5-6-14-12-11(13)15-9(2)10(3)16-12/h4-8H2,1-3H3,(H,14,16). The van der Waals surface area contributed by atoms with Crippen molar-refractivity contribution >= 4 is 17.4 Å². The molecule has 0 amide bonds. The molecule has 0 aromatic carbocycles. The first-order chi connectivity index (χ1) is 8.15. The number of nitrogens with one attached hydrogen (secondary N) is 1. The smallest absolute Gasteiger partial charge is 0.171 e. The molecule has 0 bridgehead atoms. The first kappa shape index (κ1) is 14.2. The third-order valence-corrected chi connectivity index (χ3v) is 2.63. The van der Waals surface area contributed by atoms with E-state index in [2.05, 4.69) is 22.2 Å². The third-order valence-electron chi connectivity index (χ3n) is 2.37. The van der Waals surface area contributed by atoms with Gasteiger partial charge in [0.25, 0.3) is 0 Å². The SMILES string of the molecule is CCCOCCCNc1nc(C)c(C)nc1Cl. The maximum Gasteiger partial charge on any atom is 0.171 e. The second-order valence-electron chi connectivity index (χ2n) is 3.93. The Morgan fingerprint density at radius 1 is 1.18 bits per heavy atom. The highest BCUT2D eigenvalue weighted by molar-refractivity contribution is 6.31. The number of hydrogen-bond acceptors (Lipinski definition) is 4. The van der Waals surface area contributed by atoms with Crippen molar-refractivity contribution in [1.82, 2.24) is 9.97 Å². The fourth-order valence-corrected chi connectivity index (χ4v) is 1.55. The highest BCUT2D eigenvalue weighted by Gasteiger charge is 2.05. The van der Waals surface area contributed by atoms with E-state index in [0.29, 0.717) is 11.0 Å². The van der Waals surface area contributed by atoms with Crippen LogP contribution in [0.25, 0.3) is 0 Å². The molecule has 1 rings (SSSR count). The average Bonchev–Trinajstić information content (AvgIpc) is 2.30. The first-order valence-corrected chi connectivity index (χ1v) is 6.35. The Kier molecular flexibility index (Phi) is 6.22. The molecule has 0 saturated carbocycles. The lowest BCUT2D eigenvalue weighted by Crippen LogP contribution is -2.09. The molecular weight excluding hydrogens is 238 g/mol. The summed E-state index contributed by atoms with van der Waals surface area (Å²) < 4.78 is 5.38. The zero-order valence-corrected chi connectivity index (χ0v) is 11.5. The summed E-state index contributed by atoms with van der Waals surface area (Å²) in [7, 11) is 0. The van der Waals surface area contributed by atoms with Gasteiger partial charge in [0.2, 0.25) is 0 Å². The molecule has 1 aromatic heterocycles. The van der Waals surface area contributed by atoms with Gasteiger partial charge in [0.15, 0.2) is 11.0 Å². The van der Waals surface area contributed by atoms with Crippen molar-refractivity contribution in [2.24, 2.45) is 0 Å². The van der Waals surface area contributed by atoms with Crippen LogP contribution in [-0.2, 0) is 4.74 Å². The van der Waals surface area contributed by atoms with Crippen LogP contribution in [-0.4, -0.2) is 29.7 Å². The molecule has 0 atom stereocenters. The van der Waals surface area contributed by atoms with Crippen LogP contribution in [0.4, 0.5) is 5.82 Å². The van der Waals surface area contributed by atoms with E-state index in [1.165, 1.54) is 0 Å². The highest BCUT2D eigenvalue weighted by Crippen LogP contribution is 2.18. The number of aryl methyl sites for hydroxylation is 2. The predicted octanol–water partition coefficient (Wildman–Crippen LogP) is 2.98. The largest absolute Gasteiger partial charge is 0.381 e. The lowest BCUT2D eigenvalue weighted by Gasteiger charge is -2.09. The Balaban J connectivity index is 2.34. The van der Waals surface area contributed by atoms with Gasteiger partial charge in [0, 0.05) is 19.8 Å². The Morgan fingerprint density at radius 2 is 1.88 bits per heavy atom. The number of anilines is 1. The Labute approximate surface area is 108 Å². The summed E-state index contributed by atoms with van der Waals surface area (Å²) in [5.41, 5.74) is 1.77. The van der Waals surface area contributed by atoms with Gasteiger partial charge in [-0.1, -0.05) is 18.5 Å². The van der Waals surface area contributed by atoms with Crippen LogP contribution in [0, 0.1) is 13.8 Å². The summed E-state index contributed by atoms with van der Waals surface area (Å²) in [6.07, 6.45) is 1.99. The summed E-state index contributed by atoms with van der Waals surface area (Å²) in [4.78, 5) is 8.57. The Hall–Kier alpha value is -0.870. The third kappa shape index (κ3) is 4.88. The van der Waals surface area contributed by atoms with Crippen molar-refractivity contribution in [2.45, 2.75) is 33.6 Å². The van der Waals surface area contributed by atoms with Gasteiger partial charge >= 0.3 is 0 Å². The number of hydrogen-bond donors (Lipinski definition) is 1. The summed E-state index contributed by atoms with van der Waals surface area (Å²) in [6.45, 7) is 8.30. The molecule has 0 spiro atoms. The van der Waals surface area contributed by atoms with Crippen molar-refractivity contribution in [1.29, 1.82) is 0 Å². The highest BCUT2D eigenvalue weighted by atomic mass is 35.5. The van der Waals surface area contributed by atoms with E-state index in [1.54, 1.807) is 0 Å². The first-order valence-electron chi connectivity index (χ1n) is 5.97. The van der Waals surface area contributed by atoms with Crippen molar-refractivity contribution in [2.75, 3.05) is 25.1 Å². The van der Waals surface area contributed by atoms with Crippen LogP contribution in [0.2, 0.25) is 5.15 Å². The molecule has 0 fully saturated rings. The van der Waals surface area contributed by atoms with E-state index in [4.69, 9.17) is 16.3 Å². The van der Waals surface area contributed by atoms with Gasteiger partial charge in [-0.25, -0.2) is 9.97 Å². The molecule has 0 saturated heterocycles. The molecule has 0 aliphatic heterocycles. The average molecular weight is 258 g/mol. The van der Waals surface area contributed by atoms with E-state index in [-0.39, 0.29) is 0 Å². The molecule has 96 valence electrons. The molecule has 1 N–H and O–H groups in total. The summed E-state index contributed by atoms with van der Waals surface area (Å²) in [6, 6.07) is 0.